The van der Waals surface area contributed by atoms with Gasteiger partial charge < -0.3 is 24.8 Å². The third-order valence-corrected chi connectivity index (χ3v) is 8.01. The van der Waals surface area contributed by atoms with Crippen molar-refractivity contribution in [2.24, 2.45) is 0 Å². The van der Waals surface area contributed by atoms with Gasteiger partial charge in [-0.05, 0) is 70.1 Å². The van der Waals surface area contributed by atoms with Gasteiger partial charge in [0.1, 0.15) is 35.4 Å². The SMILES string of the molecule is CCOc1cc2ncc(C#N)c(Nc3cc(C)c(Oc4ccn5ncnc5c4)cc3OC)c2cc1NC(=O)C(F)=CC1CCCN1C. The van der Waals surface area contributed by atoms with E-state index in [1.807, 2.05) is 24.9 Å². The number of methoxy groups -OCH3 is 1. The largest absolute Gasteiger partial charge is 0.494 e. The number of halogens is 1. The first-order valence-corrected chi connectivity index (χ1v) is 15.1. The van der Waals surface area contributed by atoms with E-state index in [9.17, 15) is 10.1 Å². The number of nitriles is 1. The van der Waals surface area contributed by atoms with E-state index < -0.39 is 11.7 Å². The van der Waals surface area contributed by atoms with Crippen molar-refractivity contribution in [3.63, 3.8) is 0 Å². The Morgan fingerprint density at radius 1 is 1.17 bits per heavy atom. The van der Waals surface area contributed by atoms with Gasteiger partial charge in [-0.2, -0.15) is 10.4 Å². The van der Waals surface area contributed by atoms with Crippen molar-refractivity contribution in [1.29, 1.82) is 5.26 Å². The fraction of sp³-hybridized carbons (Fsp3) is 0.265. The van der Waals surface area contributed by atoms with Crippen LogP contribution in [0.25, 0.3) is 16.6 Å². The molecule has 6 rings (SSSR count). The maximum atomic E-state index is 15.1. The first-order valence-electron chi connectivity index (χ1n) is 15.1. The number of likely N-dealkylation sites (tertiary alicyclic amines) is 1. The zero-order chi connectivity index (χ0) is 33.1. The second kappa shape index (κ2) is 13.3. The number of nitrogens with zero attached hydrogens (tertiary/aromatic N) is 6. The minimum absolute atomic E-state index is 0.144. The average Bonchev–Trinajstić information content (AvgIpc) is 3.70. The van der Waals surface area contributed by atoms with E-state index in [1.165, 1.54) is 25.7 Å². The molecule has 2 aromatic carbocycles. The lowest BCUT2D eigenvalue weighted by molar-refractivity contribution is -0.114. The minimum Gasteiger partial charge on any atom is -0.494 e. The van der Waals surface area contributed by atoms with Crippen LogP contribution in [0.15, 0.2) is 67.0 Å². The molecule has 2 N–H and O–H groups in total. The van der Waals surface area contributed by atoms with Crippen molar-refractivity contribution < 1.29 is 23.4 Å². The van der Waals surface area contributed by atoms with Crippen LogP contribution >= 0.6 is 0 Å². The molecule has 0 spiro atoms. The predicted molar refractivity (Wildman–Crippen MR) is 175 cm³/mol. The van der Waals surface area contributed by atoms with Crippen molar-refractivity contribution >= 4 is 39.5 Å². The molecule has 3 aromatic heterocycles. The molecule has 0 bridgehead atoms. The molecule has 1 atom stereocenters. The molecular formula is C34H33FN8O4. The van der Waals surface area contributed by atoms with E-state index in [1.54, 1.807) is 48.0 Å². The Hall–Kier alpha value is -5.74. The highest BCUT2D eigenvalue weighted by atomic mass is 19.1. The van der Waals surface area contributed by atoms with E-state index in [-0.39, 0.29) is 17.3 Å². The number of benzene rings is 2. The molecule has 0 radical (unpaired) electrons. The molecule has 47 heavy (non-hydrogen) atoms. The number of fused-ring (bicyclic) bond motifs is 2. The number of pyridine rings is 2. The summed E-state index contributed by atoms with van der Waals surface area (Å²) in [5.41, 5.74) is 3.39. The summed E-state index contributed by atoms with van der Waals surface area (Å²) in [6.45, 7) is 4.84. The summed E-state index contributed by atoms with van der Waals surface area (Å²) in [7, 11) is 3.44. The molecular weight excluding hydrogens is 603 g/mol. The molecule has 5 aromatic rings. The van der Waals surface area contributed by atoms with E-state index in [0.29, 0.717) is 57.5 Å². The number of aryl methyl sites for hydroxylation is 1. The van der Waals surface area contributed by atoms with Crippen LogP contribution in [0.4, 0.5) is 21.5 Å². The summed E-state index contributed by atoms with van der Waals surface area (Å²) < 4.78 is 34.4. The molecule has 0 saturated carbocycles. The van der Waals surface area contributed by atoms with Gasteiger partial charge in [-0.1, -0.05) is 0 Å². The number of ether oxygens (including phenoxy) is 3. The normalized spacial score (nSPS) is 15.1. The Morgan fingerprint density at radius 2 is 2.02 bits per heavy atom. The summed E-state index contributed by atoms with van der Waals surface area (Å²) in [4.78, 5) is 23.7. The van der Waals surface area contributed by atoms with Crippen LogP contribution in [0.3, 0.4) is 0 Å². The summed E-state index contributed by atoms with van der Waals surface area (Å²) >= 11 is 0. The van der Waals surface area contributed by atoms with Crippen LogP contribution < -0.4 is 24.8 Å². The van der Waals surface area contributed by atoms with Crippen LogP contribution in [0.1, 0.15) is 30.9 Å². The maximum absolute atomic E-state index is 15.1. The summed E-state index contributed by atoms with van der Waals surface area (Å²) in [6, 6.07) is 12.5. The fourth-order valence-electron chi connectivity index (χ4n) is 5.55. The minimum atomic E-state index is -0.888. The molecule has 240 valence electrons. The number of anilines is 3. The van der Waals surface area contributed by atoms with E-state index in [2.05, 4.69) is 31.8 Å². The second-order valence-electron chi connectivity index (χ2n) is 11.1. The van der Waals surface area contributed by atoms with E-state index in [4.69, 9.17) is 14.2 Å². The topological polar surface area (TPSA) is 139 Å². The number of aromatic nitrogens is 4. The summed E-state index contributed by atoms with van der Waals surface area (Å²) in [5, 5.41) is 20.6. The third-order valence-electron chi connectivity index (χ3n) is 8.01. The number of hydrogen-bond donors (Lipinski definition) is 2. The Balaban J connectivity index is 1.35. The highest BCUT2D eigenvalue weighted by molar-refractivity contribution is 6.06. The van der Waals surface area contributed by atoms with Crippen molar-refractivity contribution in [3.8, 4) is 29.1 Å². The lowest BCUT2D eigenvalue weighted by Crippen LogP contribution is -2.24. The summed E-state index contributed by atoms with van der Waals surface area (Å²) in [5.74, 6) is 0.136. The van der Waals surface area contributed by atoms with Gasteiger partial charge in [0.15, 0.2) is 11.5 Å². The number of hydrogen-bond acceptors (Lipinski definition) is 10. The average molecular weight is 637 g/mol. The Morgan fingerprint density at radius 3 is 2.77 bits per heavy atom. The Bertz CT molecular complexity index is 2050. The zero-order valence-electron chi connectivity index (χ0n) is 26.4. The molecule has 1 aliphatic rings. The quantitative estimate of drug-likeness (QED) is 0.168. The van der Waals surface area contributed by atoms with Crippen LogP contribution in [0.2, 0.25) is 0 Å². The number of carbonyl (C=O) groups excluding carboxylic acids is 1. The van der Waals surface area contributed by atoms with Crippen LogP contribution in [0, 0.1) is 18.3 Å². The third kappa shape index (κ3) is 6.49. The molecule has 1 aliphatic heterocycles. The van der Waals surface area contributed by atoms with Gasteiger partial charge >= 0.3 is 0 Å². The first kappa shape index (κ1) is 31.3. The highest BCUT2D eigenvalue weighted by Crippen LogP contribution is 2.40. The van der Waals surface area contributed by atoms with Crippen LogP contribution in [-0.2, 0) is 4.79 Å². The van der Waals surface area contributed by atoms with Crippen molar-refractivity contribution in [1.82, 2.24) is 24.5 Å². The van der Waals surface area contributed by atoms with E-state index in [0.717, 1.165) is 24.9 Å². The van der Waals surface area contributed by atoms with Crippen molar-refractivity contribution in [2.75, 3.05) is 37.9 Å². The van der Waals surface area contributed by atoms with Crippen LogP contribution in [0.5, 0.6) is 23.0 Å². The molecule has 0 aliphatic carbocycles. The Kier molecular flexibility index (Phi) is 8.86. The monoisotopic (exact) mass is 636 g/mol. The second-order valence-corrected chi connectivity index (χ2v) is 11.1. The van der Waals surface area contributed by atoms with Gasteiger partial charge in [0.2, 0.25) is 0 Å². The highest BCUT2D eigenvalue weighted by Gasteiger charge is 2.23. The zero-order valence-corrected chi connectivity index (χ0v) is 26.4. The summed E-state index contributed by atoms with van der Waals surface area (Å²) in [6.07, 6.45) is 7.74. The number of nitrogens with one attached hydrogen (secondary N) is 2. The van der Waals surface area contributed by atoms with Gasteiger partial charge in [-0.15, -0.1) is 0 Å². The van der Waals surface area contributed by atoms with Gasteiger partial charge in [0.25, 0.3) is 5.91 Å². The van der Waals surface area contributed by atoms with Gasteiger partial charge in [0.05, 0.1) is 41.9 Å². The fourth-order valence-corrected chi connectivity index (χ4v) is 5.55. The smallest absolute Gasteiger partial charge is 0.284 e. The van der Waals surface area contributed by atoms with Crippen LogP contribution in [-0.4, -0.2) is 63.7 Å². The lowest BCUT2D eigenvalue weighted by Gasteiger charge is -2.19. The molecule has 1 saturated heterocycles. The van der Waals surface area contributed by atoms with Gasteiger partial charge in [-0.3, -0.25) is 14.7 Å². The van der Waals surface area contributed by atoms with E-state index >= 15 is 4.39 Å². The lowest BCUT2D eigenvalue weighted by atomic mass is 10.1. The maximum Gasteiger partial charge on any atom is 0.284 e. The van der Waals surface area contributed by atoms with Gasteiger partial charge in [-0.25, -0.2) is 13.9 Å². The van der Waals surface area contributed by atoms with Crippen molar-refractivity contribution in [2.45, 2.75) is 32.7 Å². The standard InChI is InChI=1S/C34H33FN8O4/c1-5-46-31-15-26-24(14-28(31)41-34(44)25(35)12-22-7-6-9-42(22)3)33(21(17-36)18-37-26)40-27-11-20(2)29(16-30(27)45-4)47-23-8-10-43-32(13-23)38-19-39-43/h8,10-16,18-19,22H,5-7,9H2,1-4H3,(H,37,40)(H,41,44). The molecule has 1 amide bonds. The predicted octanol–water partition coefficient (Wildman–Crippen LogP) is 6.29. The van der Waals surface area contributed by atoms with Gasteiger partial charge in [0, 0.05) is 42.0 Å². The van der Waals surface area contributed by atoms with Crippen molar-refractivity contribution in [3.05, 3.63) is 78.1 Å². The molecule has 1 unspecified atom stereocenters. The number of amides is 1. The first-order chi connectivity index (χ1) is 22.8. The molecule has 12 nitrogen and oxygen atoms in total. The number of carbonyl (C=O) groups is 1. The molecule has 1 fully saturated rings. The molecule has 13 heteroatoms. The number of rotatable bonds is 10. The number of likely N-dealkylation sites (N-methyl/N-ethyl adjacent to an activating group) is 1. The molecule has 4 heterocycles. The Labute approximate surface area is 270 Å².